The van der Waals surface area contributed by atoms with Crippen molar-refractivity contribution in [2.24, 2.45) is 29.4 Å². The molecule has 4 rings (SSSR count). The van der Waals surface area contributed by atoms with Crippen molar-refractivity contribution >= 4 is 41.1 Å². The number of hydrogen-bond acceptors (Lipinski definition) is 10. The highest BCUT2D eigenvalue weighted by molar-refractivity contribution is 6.32. The summed E-state index contributed by atoms with van der Waals surface area (Å²) >= 11 is 0. The van der Waals surface area contributed by atoms with Gasteiger partial charge in [-0.25, -0.2) is 0 Å². The number of primary amides is 1. The highest BCUT2D eigenvalue weighted by atomic mass is 16.3. The number of aliphatic hydroxyl groups is 2. The molecule has 2 saturated carbocycles. The van der Waals surface area contributed by atoms with E-state index in [2.05, 4.69) is 5.32 Å². The minimum Gasteiger partial charge on any atom is -0.505 e. The summed E-state index contributed by atoms with van der Waals surface area (Å²) in [5.74, 6) is -14.1. The second-order valence-corrected chi connectivity index (χ2v) is 9.55. The standard InChI is InChI=1S/C23H25N3O9/c1-7-8-4-5-9(25-6-27)16(28)11(8)17(29)12-10(7)18(30)14-15(26(2)3)19(31)13(22(24)34)21(33)23(14,35)20(12)32/h4-7,10,12-15,18,28,30,35H,1-3H3,(H2,24,34)(H,25,27)/t7-,10+,12?,13?,14+,15-,18+,23-/m0/s1. The number of nitrogens with zero attached hydrogens (tertiary/aromatic N) is 1. The van der Waals surface area contributed by atoms with E-state index in [9.17, 15) is 44.1 Å². The lowest BCUT2D eigenvalue weighted by Crippen LogP contribution is -2.77. The van der Waals surface area contributed by atoms with Crippen LogP contribution in [0.1, 0.15) is 28.8 Å². The summed E-state index contributed by atoms with van der Waals surface area (Å²) in [6, 6.07) is 1.39. The molecule has 0 heterocycles. The van der Waals surface area contributed by atoms with E-state index in [1.807, 2.05) is 0 Å². The highest BCUT2D eigenvalue weighted by Gasteiger charge is 2.72. The molecule has 3 aliphatic rings. The molecule has 12 heteroatoms. The Bertz CT molecular complexity index is 1190. The number of likely N-dealkylation sites (N-methyl/N-ethyl adjacent to an activating group) is 1. The Morgan fingerprint density at radius 3 is 2.34 bits per heavy atom. The number of nitrogens with two attached hydrogens (primary N) is 1. The Hall–Kier alpha value is -3.48. The number of amides is 2. The van der Waals surface area contributed by atoms with Gasteiger partial charge >= 0.3 is 0 Å². The summed E-state index contributed by atoms with van der Waals surface area (Å²) in [4.78, 5) is 77.8. The number of phenols is 1. The molecule has 0 saturated heterocycles. The zero-order valence-corrected chi connectivity index (χ0v) is 19.1. The molecule has 2 unspecified atom stereocenters. The van der Waals surface area contributed by atoms with E-state index in [4.69, 9.17) is 5.73 Å². The molecular weight excluding hydrogens is 462 g/mol. The van der Waals surface area contributed by atoms with E-state index < -0.39 is 82.1 Å². The number of carbonyl (C=O) groups is 6. The normalized spacial score (nSPS) is 36.3. The maximum Gasteiger partial charge on any atom is 0.235 e. The van der Waals surface area contributed by atoms with Gasteiger partial charge in [-0.15, -0.1) is 0 Å². The first-order valence-electron chi connectivity index (χ1n) is 10.9. The second kappa shape index (κ2) is 8.04. The summed E-state index contributed by atoms with van der Waals surface area (Å²) in [7, 11) is 2.84. The van der Waals surface area contributed by atoms with Gasteiger partial charge in [0.05, 0.1) is 35.2 Å². The van der Waals surface area contributed by atoms with Crippen molar-refractivity contribution in [3.63, 3.8) is 0 Å². The molecule has 1 aromatic rings. The van der Waals surface area contributed by atoms with Gasteiger partial charge in [0, 0.05) is 5.92 Å². The van der Waals surface area contributed by atoms with Crippen LogP contribution in [0.2, 0.25) is 0 Å². The number of hydrogen-bond donors (Lipinski definition) is 5. The van der Waals surface area contributed by atoms with E-state index >= 15 is 0 Å². The number of fused-ring (bicyclic) bond motifs is 3. The molecule has 186 valence electrons. The summed E-state index contributed by atoms with van der Waals surface area (Å²) in [6.45, 7) is 1.60. The molecule has 1 aromatic carbocycles. The summed E-state index contributed by atoms with van der Waals surface area (Å²) in [6.07, 6.45) is -1.41. The molecule has 6 N–H and O–H groups in total. The average Bonchev–Trinajstić information content (AvgIpc) is 2.77. The van der Waals surface area contributed by atoms with Crippen molar-refractivity contribution in [3.8, 4) is 5.75 Å². The second-order valence-electron chi connectivity index (χ2n) is 9.55. The smallest absolute Gasteiger partial charge is 0.235 e. The monoisotopic (exact) mass is 487 g/mol. The van der Waals surface area contributed by atoms with E-state index in [0.29, 0.717) is 0 Å². The van der Waals surface area contributed by atoms with Crippen molar-refractivity contribution in [1.29, 1.82) is 0 Å². The summed E-state index contributed by atoms with van der Waals surface area (Å²) < 4.78 is 0. The van der Waals surface area contributed by atoms with Crippen LogP contribution in [-0.4, -0.2) is 87.5 Å². The molecule has 0 aromatic heterocycles. The first-order chi connectivity index (χ1) is 16.3. The van der Waals surface area contributed by atoms with Gasteiger partial charge in [0.2, 0.25) is 12.3 Å². The predicted octanol–water partition coefficient (Wildman–Crippen LogP) is -2.03. The van der Waals surface area contributed by atoms with Crippen LogP contribution in [0.4, 0.5) is 5.69 Å². The molecule has 2 amide bonds. The van der Waals surface area contributed by atoms with Gasteiger partial charge in [-0.1, -0.05) is 13.0 Å². The number of Topliss-reactive ketones (excluding diaryl/α,β-unsaturated/α-hetero) is 4. The number of ketones is 4. The maximum atomic E-state index is 13.8. The van der Waals surface area contributed by atoms with Crippen molar-refractivity contribution in [2.45, 2.75) is 30.6 Å². The molecule has 0 bridgehead atoms. The largest absolute Gasteiger partial charge is 0.505 e. The Labute approximate surface area is 199 Å². The third-order valence-electron chi connectivity index (χ3n) is 7.70. The Kier molecular flexibility index (Phi) is 5.66. The van der Waals surface area contributed by atoms with E-state index in [1.54, 1.807) is 6.92 Å². The fraction of sp³-hybridized carbons (Fsp3) is 0.478. The van der Waals surface area contributed by atoms with E-state index in [-0.39, 0.29) is 23.2 Å². The first kappa shape index (κ1) is 24.6. The first-order valence-corrected chi connectivity index (χ1v) is 10.9. The number of rotatable bonds is 4. The predicted molar refractivity (Wildman–Crippen MR) is 117 cm³/mol. The number of benzene rings is 1. The van der Waals surface area contributed by atoms with Crippen LogP contribution in [0.3, 0.4) is 0 Å². The van der Waals surface area contributed by atoms with Crippen LogP contribution in [0.15, 0.2) is 12.1 Å². The lowest BCUT2D eigenvalue weighted by molar-refractivity contribution is -0.196. The van der Waals surface area contributed by atoms with Crippen molar-refractivity contribution in [1.82, 2.24) is 4.90 Å². The Morgan fingerprint density at radius 2 is 1.80 bits per heavy atom. The summed E-state index contributed by atoms with van der Waals surface area (Å²) in [5.41, 5.74) is 2.11. The van der Waals surface area contributed by atoms with Crippen molar-refractivity contribution < 1.29 is 44.1 Å². The van der Waals surface area contributed by atoms with Crippen LogP contribution in [0, 0.1) is 23.7 Å². The van der Waals surface area contributed by atoms with Gasteiger partial charge in [-0.2, -0.15) is 0 Å². The van der Waals surface area contributed by atoms with Crippen LogP contribution >= 0.6 is 0 Å². The lowest BCUT2D eigenvalue weighted by atomic mass is 9.49. The van der Waals surface area contributed by atoms with Gasteiger partial charge in [0.15, 0.2) is 34.7 Å². The van der Waals surface area contributed by atoms with E-state index in [0.717, 1.165) is 0 Å². The molecular formula is C23H25N3O9. The van der Waals surface area contributed by atoms with Crippen molar-refractivity contribution in [3.05, 3.63) is 23.3 Å². The van der Waals surface area contributed by atoms with Gasteiger partial charge in [0.25, 0.3) is 0 Å². The summed E-state index contributed by atoms with van der Waals surface area (Å²) in [5, 5.41) is 35.9. The molecule has 3 aliphatic carbocycles. The number of carbonyl (C=O) groups excluding carboxylic acids is 6. The fourth-order valence-electron chi connectivity index (χ4n) is 6.17. The molecule has 35 heavy (non-hydrogen) atoms. The number of phenolic OH excluding ortho intramolecular Hbond substituents is 1. The molecule has 0 spiro atoms. The third kappa shape index (κ3) is 3.03. The van der Waals surface area contributed by atoms with Crippen LogP contribution in [0.5, 0.6) is 5.75 Å². The number of anilines is 1. The maximum absolute atomic E-state index is 13.8. The molecule has 0 radical (unpaired) electrons. The topological polar surface area (TPSA) is 204 Å². The zero-order valence-electron chi connectivity index (χ0n) is 19.1. The number of nitrogens with one attached hydrogen (secondary N) is 1. The Morgan fingerprint density at radius 1 is 1.17 bits per heavy atom. The quantitative estimate of drug-likeness (QED) is 0.179. The zero-order chi connectivity index (χ0) is 26.1. The number of aliphatic hydroxyl groups excluding tert-OH is 1. The average molecular weight is 487 g/mol. The van der Waals surface area contributed by atoms with Gasteiger partial charge in [0.1, 0.15) is 5.75 Å². The highest BCUT2D eigenvalue weighted by Crippen LogP contribution is 2.54. The van der Waals surface area contributed by atoms with Crippen LogP contribution < -0.4 is 11.1 Å². The van der Waals surface area contributed by atoms with E-state index in [1.165, 1.54) is 31.1 Å². The Balaban J connectivity index is 1.95. The van der Waals surface area contributed by atoms with Gasteiger partial charge in [-0.05, 0) is 31.6 Å². The molecule has 0 aliphatic heterocycles. The van der Waals surface area contributed by atoms with Gasteiger partial charge in [-0.3, -0.25) is 33.7 Å². The molecule has 12 nitrogen and oxygen atoms in total. The number of aromatic hydroxyl groups is 1. The van der Waals surface area contributed by atoms with Crippen molar-refractivity contribution in [2.75, 3.05) is 19.4 Å². The minimum absolute atomic E-state index is 0.0982. The van der Waals surface area contributed by atoms with Crippen LogP contribution in [0.25, 0.3) is 0 Å². The van der Waals surface area contributed by atoms with Crippen LogP contribution in [-0.2, 0) is 24.0 Å². The molecule has 2 fully saturated rings. The third-order valence-corrected chi connectivity index (χ3v) is 7.70. The van der Waals surface area contributed by atoms with Gasteiger partial charge < -0.3 is 26.4 Å². The SMILES string of the molecule is C[C@H]1c2ccc(NC=O)c(O)c2C(=O)C2C(=O)[C@]3(O)C(=O)C(C(N)=O)C(=O)[C@@H](N(C)C)[C@@H]3[C@H](O)[C@@H]21. The fourth-order valence-corrected chi connectivity index (χ4v) is 6.17. The minimum atomic E-state index is -3.05. The lowest BCUT2D eigenvalue weighted by Gasteiger charge is -2.56. The molecule has 8 atom stereocenters.